The smallest absolute Gasteiger partial charge is 0.290 e. The summed E-state index contributed by atoms with van der Waals surface area (Å²) in [5.41, 5.74) is 1.97. The van der Waals surface area contributed by atoms with Gasteiger partial charge >= 0.3 is 0 Å². The molecule has 0 saturated heterocycles. The predicted octanol–water partition coefficient (Wildman–Crippen LogP) is 3.98. The van der Waals surface area contributed by atoms with E-state index in [1.165, 1.54) is 6.92 Å². The molecule has 0 aliphatic carbocycles. The van der Waals surface area contributed by atoms with Crippen LogP contribution in [0.5, 0.6) is 5.75 Å². The summed E-state index contributed by atoms with van der Waals surface area (Å²) in [6.45, 7) is 1.75. The maximum atomic E-state index is 12.6. The van der Waals surface area contributed by atoms with E-state index in [9.17, 15) is 14.7 Å². The molecule has 1 aliphatic rings. The maximum Gasteiger partial charge on any atom is 0.290 e. The van der Waals surface area contributed by atoms with Crippen LogP contribution in [0, 0.1) is 0 Å². The Bertz CT molecular complexity index is 887. The number of hydrogen-bond acceptors (Lipinski definition) is 4. The zero-order valence-electron chi connectivity index (χ0n) is 15.1. The highest BCUT2D eigenvalue weighted by Gasteiger charge is 2.41. The van der Waals surface area contributed by atoms with Crippen molar-refractivity contribution in [1.29, 1.82) is 0 Å². The number of hydrogen-bond donors (Lipinski definition) is 1. The normalized spacial score (nSPS) is 16.8. The van der Waals surface area contributed by atoms with Crippen molar-refractivity contribution in [1.82, 2.24) is 4.90 Å². The lowest BCUT2D eigenvalue weighted by atomic mass is 9.96. The Morgan fingerprint density at radius 3 is 2.33 bits per heavy atom. The van der Waals surface area contributed by atoms with Gasteiger partial charge in [-0.05, 0) is 48.7 Å². The van der Waals surface area contributed by atoms with Crippen LogP contribution >= 0.6 is 15.9 Å². The quantitative estimate of drug-likeness (QED) is 0.753. The number of Topliss-reactive ketones (excluding diaryl/α,β-unsaturated/α-hetero) is 1. The SMILES string of the molecule is COc1ccc(CCN2C(=O)C(O)=C(C(C)=O)C2c2ccc(Br)cc2)cc1. The summed E-state index contributed by atoms with van der Waals surface area (Å²) in [7, 11) is 1.61. The van der Waals surface area contributed by atoms with Crippen LogP contribution in [0.15, 0.2) is 64.3 Å². The fourth-order valence-corrected chi connectivity index (χ4v) is 3.54. The van der Waals surface area contributed by atoms with Gasteiger partial charge in [-0.25, -0.2) is 0 Å². The van der Waals surface area contributed by atoms with Crippen molar-refractivity contribution in [3.05, 3.63) is 75.5 Å². The van der Waals surface area contributed by atoms with E-state index in [-0.39, 0.29) is 11.4 Å². The summed E-state index contributed by atoms with van der Waals surface area (Å²) in [5.74, 6) is -0.505. The van der Waals surface area contributed by atoms with Gasteiger partial charge in [0.1, 0.15) is 5.75 Å². The highest BCUT2D eigenvalue weighted by molar-refractivity contribution is 9.10. The topological polar surface area (TPSA) is 66.8 Å². The van der Waals surface area contributed by atoms with E-state index in [0.717, 1.165) is 21.3 Å². The van der Waals surface area contributed by atoms with Gasteiger partial charge in [0.15, 0.2) is 11.5 Å². The maximum absolute atomic E-state index is 12.6. The Hall–Kier alpha value is -2.60. The van der Waals surface area contributed by atoms with Crippen molar-refractivity contribution in [3.63, 3.8) is 0 Å². The number of halogens is 1. The molecule has 1 aliphatic heterocycles. The van der Waals surface area contributed by atoms with Crippen LogP contribution in [0.25, 0.3) is 0 Å². The van der Waals surface area contributed by atoms with Crippen molar-refractivity contribution in [2.45, 2.75) is 19.4 Å². The third-order valence-corrected chi connectivity index (χ3v) is 5.20. The second kappa shape index (κ2) is 7.96. The molecule has 1 amide bonds. The van der Waals surface area contributed by atoms with Gasteiger partial charge in [0, 0.05) is 11.0 Å². The molecule has 0 radical (unpaired) electrons. The monoisotopic (exact) mass is 429 g/mol. The molecule has 1 heterocycles. The molecule has 1 atom stereocenters. The number of amides is 1. The fraction of sp³-hybridized carbons (Fsp3) is 0.238. The highest BCUT2D eigenvalue weighted by atomic mass is 79.9. The molecule has 0 saturated carbocycles. The van der Waals surface area contributed by atoms with Crippen LogP contribution in [0.1, 0.15) is 24.1 Å². The molecule has 2 aromatic carbocycles. The van der Waals surface area contributed by atoms with Crippen molar-refractivity contribution < 1.29 is 19.4 Å². The van der Waals surface area contributed by atoms with Gasteiger partial charge in [0.2, 0.25) is 0 Å². The number of methoxy groups -OCH3 is 1. The van der Waals surface area contributed by atoms with E-state index < -0.39 is 17.7 Å². The molecule has 5 nitrogen and oxygen atoms in total. The minimum Gasteiger partial charge on any atom is -0.503 e. The minimum absolute atomic E-state index is 0.150. The minimum atomic E-state index is -0.582. The summed E-state index contributed by atoms with van der Waals surface area (Å²) < 4.78 is 6.06. The average molecular weight is 430 g/mol. The first-order chi connectivity index (χ1) is 12.9. The van der Waals surface area contributed by atoms with Crippen LogP contribution in [0.3, 0.4) is 0 Å². The lowest BCUT2D eigenvalue weighted by Crippen LogP contribution is -2.32. The Kier molecular flexibility index (Phi) is 5.65. The summed E-state index contributed by atoms with van der Waals surface area (Å²) in [6.07, 6.45) is 0.598. The van der Waals surface area contributed by atoms with Crippen LogP contribution < -0.4 is 4.74 Å². The Morgan fingerprint density at radius 2 is 1.78 bits per heavy atom. The Morgan fingerprint density at radius 1 is 1.15 bits per heavy atom. The molecule has 6 heteroatoms. The summed E-state index contributed by atoms with van der Waals surface area (Å²) in [4.78, 5) is 26.3. The number of aliphatic hydroxyl groups is 1. The van der Waals surface area contributed by atoms with Gasteiger partial charge in [-0.1, -0.05) is 40.2 Å². The van der Waals surface area contributed by atoms with Gasteiger partial charge in [0.05, 0.1) is 18.7 Å². The van der Waals surface area contributed by atoms with E-state index in [1.54, 1.807) is 12.0 Å². The second-order valence-corrected chi connectivity index (χ2v) is 7.28. The Labute approximate surface area is 166 Å². The molecular weight excluding hydrogens is 410 g/mol. The predicted molar refractivity (Wildman–Crippen MR) is 106 cm³/mol. The zero-order valence-corrected chi connectivity index (χ0v) is 16.7. The molecular formula is C21H20BrNO4. The molecule has 1 unspecified atom stereocenters. The highest BCUT2D eigenvalue weighted by Crippen LogP contribution is 2.38. The van der Waals surface area contributed by atoms with E-state index in [4.69, 9.17) is 4.74 Å². The van der Waals surface area contributed by atoms with Crippen LogP contribution in [0.4, 0.5) is 0 Å². The lowest BCUT2D eigenvalue weighted by molar-refractivity contribution is -0.129. The number of rotatable bonds is 6. The molecule has 3 rings (SSSR count). The largest absolute Gasteiger partial charge is 0.503 e. The van der Waals surface area contributed by atoms with Crippen molar-refractivity contribution in [2.24, 2.45) is 0 Å². The Balaban J connectivity index is 1.88. The van der Waals surface area contributed by atoms with Gasteiger partial charge < -0.3 is 14.7 Å². The molecule has 1 N–H and O–H groups in total. The molecule has 2 aromatic rings. The molecule has 0 aromatic heterocycles. The van der Waals surface area contributed by atoms with Crippen LogP contribution in [-0.4, -0.2) is 35.4 Å². The van der Waals surface area contributed by atoms with Gasteiger partial charge in [-0.2, -0.15) is 0 Å². The van der Waals surface area contributed by atoms with E-state index in [2.05, 4.69) is 15.9 Å². The third-order valence-electron chi connectivity index (χ3n) is 4.67. The summed E-state index contributed by atoms with van der Waals surface area (Å²) >= 11 is 3.39. The van der Waals surface area contributed by atoms with Gasteiger partial charge in [-0.15, -0.1) is 0 Å². The summed E-state index contributed by atoms with van der Waals surface area (Å²) in [5, 5.41) is 10.3. The first-order valence-corrected chi connectivity index (χ1v) is 9.35. The number of ether oxygens (including phenoxy) is 1. The molecule has 0 fully saturated rings. The molecule has 0 bridgehead atoms. The molecule has 140 valence electrons. The standard InChI is InChI=1S/C21H20BrNO4/c1-13(24)18-19(15-5-7-16(22)8-6-15)23(21(26)20(18)25)12-11-14-3-9-17(27-2)10-4-14/h3-10,19,25H,11-12H2,1-2H3. The van der Waals surface area contributed by atoms with Crippen molar-refractivity contribution in [3.8, 4) is 5.75 Å². The lowest BCUT2D eigenvalue weighted by Gasteiger charge is -2.26. The average Bonchev–Trinajstić information content (AvgIpc) is 2.92. The van der Waals surface area contributed by atoms with E-state index in [0.29, 0.717) is 13.0 Å². The second-order valence-electron chi connectivity index (χ2n) is 6.37. The first kappa shape index (κ1) is 19.2. The van der Waals surface area contributed by atoms with Crippen molar-refractivity contribution in [2.75, 3.05) is 13.7 Å². The third kappa shape index (κ3) is 3.90. The zero-order chi connectivity index (χ0) is 19.6. The molecule has 0 spiro atoms. The molecule has 27 heavy (non-hydrogen) atoms. The van der Waals surface area contributed by atoms with E-state index >= 15 is 0 Å². The number of benzene rings is 2. The fourth-order valence-electron chi connectivity index (χ4n) is 3.28. The van der Waals surface area contributed by atoms with E-state index in [1.807, 2.05) is 48.5 Å². The number of carbonyl (C=O) groups excluding carboxylic acids is 2. The van der Waals surface area contributed by atoms with Crippen molar-refractivity contribution >= 4 is 27.6 Å². The number of nitrogens with zero attached hydrogens (tertiary/aromatic N) is 1. The first-order valence-electron chi connectivity index (χ1n) is 8.55. The summed E-state index contributed by atoms with van der Waals surface area (Å²) in [6, 6.07) is 14.4. The van der Waals surface area contributed by atoms with Gasteiger partial charge in [0.25, 0.3) is 5.91 Å². The number of carbonyl (C=O) groups is 2. The van der Waals surface area contributed by atoms with Crippen LogP contribution in [-0.2, 0) is 16.0 Å². The van der Waals surface area contributed by atoms with Gasteiger partial charge in [-0.3, -0.25) is 9.59 Å². The number of aliphatic hydroxyl groups excluding tert-OH is 1. The van der Waals surface area contributed by atoms with Crippen LogP contribution in [0.2, 0.25) is 0 Å². The number of ketones is 1.